The fourth-order valence-electron chi connectivity index (χ4n) is 5.92. The Labute approximate surface area is 150 Å². The number of aliphatic hydroxyl groups is 1. The predicted molar refractivity (Wildman–Crippen MR) is 91.3 cm³/mol. The molecule has 0 amide bonds. The molecule has 132 valence electrons. The Morgan fingerprint density at radius 3 is 2.12 bits per heavy atom. The van der Waals surface area contributed by atoms with Crippen molar-refractivity contribution < 1.29 is 24.2 Å². The summed E-state index contributed by atoms with van der Waals surface area (Å²) < 4.78 is 10.2. The monoisotopic (exact) mass is 350 g/mol. The molecular formula is C21H18O5. The molecule has 5 rings (SSSR count). The number of rotatable bonds is 2. The van der Waals surface area contributed by atoms with E-state index in [-0.39, 0.29) is 11.8 Å². The van der Waals surface area contributed by atoms with Gasteiger partial charge in [0.15, 0.2) is 0 Å². The number of methoxy groups -OCH3 is 2. The molecule has 1 N–H and O–H groups in total. The van der Waals surface area contributed by atoms with Crippen molar-refractivity contribution in [2.24, 2.45) is 11.3 Å². The van der Waals surface area contributed by atoms with Crippen LogP contribution in [0.4, 0.5) is 0 Å². The van der Waals surface area contributed by atoms with Crippen molar-refractivity contribution in [1.82, 2.24) is 0 Å². The lowest BCUT2D eigenvalue weighted by Crippen LogP contribution is -2.70. The van der Waals surface area contributed by atoms with Gasteiger partial charge in [0, 0.05) is 11.8 Å². The Kier molecular flexibility index (Phi) is 2.84. The van der Waals surface area contributed by atoms with Gasteiger partial charge in [-0.2, -0.15) is 0 Å². The van der Waals surface area contributed by atoms with E-state index in [1.54, 1.807) is 0 Å². The first-order valence-corrected chi connectivity index (χ1v) is 8.62. The second-order valence-corrected chi connectivity index (χ2v) is 7.25. The number of benzene rings is 2. The lowest BCUT2D eigenvalue weighted by molar-refractivity contribution is -0.219. The molecule has 5 heteroatoms. The summed E-state index contributed by atoms with van der Waals surface area (Å²) in [5, 5.41) is 12.1. The fraction of sp³-hybridized carbons (Fsp3) is 0.333. The molecule has 0 heterocycles. The minimum Gasteiger partial charge on any atom is -0.469 e. The van der Waals surface area contributed by atoms with Crippen molar-refractivity contribution >= 4 is 11.9 Å². The van der Waals surface area contributed by atoms with Crippen molar-refractivity contribution in [2.75, 3.05) is 14.2 Å². The van der Waals surface area contributed by atoms with Crippen LogP contribution in [0.5, 0.6) is 0 Å². The molecule has 1 fully saturated rings. The molecule has 26 heavy (non-hydrogen) atoms. The van der Waals surface area contributed by atoms with Gasteiger partial charge in [0.1, 0.15) is 11.0 Å². The van der Waals surface area contributed by atoms with Crippen LogP contribution in [0.1, 0.15) is 34.1 Å². The molecule has 3 aliphatic rings. The van der Waals surface area contributed by atoms with Crippen LogP contribution in [0.2, 0.25) is 0 Å². The van der Waals surface area contributed by atoms with E-state index >= 15 is 0 Å². The SMILES string of the molecule is COC(=O)[C@H]1[C@H]2c3ccccc3[C@@]3(O)c4ccccc4[C@H]2[C@@]13C(=O)OC. The van der Waals surface area contributed by atoms with E-state index in [2.05, 4.69) is 0 Å². The first-order chi connectivity index (χ1) is 12.5. The third-order valence-electron chi connectivity index (χ3n) is 6.67. The van der Waals surface area contributed by atoms with E-state index in [4.69, 9.17) is 9.47 Å². The standard InChI is InChI=1S/C21H18O5/c1-25-18(22)17-15-11-7-3-5-9-13(11)21(24)14-10-6-4-8-12(14)16(15)20(17,21)19(23)26-2/h3-10,15-17,24H,1-2H3/t15-,16+,17+,20-,21+/m0/s1. The molecule has 1 saturated carbocycles. The Morgan fingerprint density at radius 2 is 1.50 bits per heavy atom. The van der Waals surface area contributed by atoms with Gasteiger partial charge in [0.2, 0.25) is 0 Å². The summed E-state index contributed by atoms with van der Waals surface area (Å²) in [6.45, 7) is 0. The molecule has 0 saturated heterocycles. The average Bonchev–Trinajstić information content (AvgIpc) is 2.80. The van der Waals surface area contributed by atoms with Crippen molar-refractivity contribution in [3.63, 3.8) is 0 Å². The van der Waals surface area contributed by atoms with E-state index in [1.165, 1.54) is 14.2 Å². The summed E-state index contributed by atoms with van der Waals surface area (Å²) in [6, 6.07) is 15.0. The number of fused-ring (bicyclic) bond motifs is 5. The summed E-state index contributed by atoms with van der Waals surface area (Å²) in [6.07, 6.45) is 0. The number of hydrogen-bond donors (Lipinski definition) is 1. The minimum atomic E-state index is -1.62. The number of ether oxygens (including phenoxy) is 2. The van der Waals surface area contributed by atoms with E-state index in [1.807, 2.05) is 48.5 Å². The maximum absolute atomic E-state index is 13.1. The molecule has 0 aromatic heterocycles. The highest BCUT2D eigenvalue weighted by molar-refractivity contribution is 5.96. The Bertz CT molecular complexity index is 966. The first kappa shape index (κ1) is 15.6. The highest BCUT2D eigenvalue weighted by Gasteiger charge is 2.85. The van der Waals surface area contributed by atoms with Crippen LogP contribution in [-0.2, 0) is 24.7 Å². The molecular weight excluding hydrogens is 332 g/mol. The van der Waals surface area contributed by atoms with Gasteiger partial charge in [-0.05, 0) is 22.3 Å². The maximum Gasteiger partial charge on any atom is 0.317 e. The molecule has 5 nitrogen and oxygen atoms in total. The average molecular weight is 350 g/mol. The molecule has 4 bridgehead atoms. The third kappa shape index (κ3) is 1.30. The molecule has 5 atom stereocenters. The number of carbonyl (C=O) groups is 2. The van der Waals surface area contributed by atoms with E-state index in [0.717, 1.165) is 11.1 Å². The third-order valence-corrected chi connectivity index (χ3v) is 6.67. The molecule has 2 aromatic rings. The number of carbonyl (C=O) groups excluding carboxylic acids is 2. The Balaban J connectivity index is 1.92. The Hall–Kier alpha value is -2.66. The molecule has 0 spiro atoms. The van der Waals surface area contributed by atoms with E-state index < -0.39 is 28.9 Å². The zero-order valence-corrected chi connectivity index (χ0v) is 14.4. The van der Waals surface area contributed by atoms with Crippen LogP contribution in [0.25, 0.3) is 0 Å². The van der Waals surface area contributed by atoms with Crippen LogP contribution in [-0.4, -0.2) is 31.3 Å². The minimum absolute atomic E-state index is 0.221. The normalized spacial score (nSPS) is 35.0. The maximum atomic E-state index is 13.1. The van der Waals surface area contributed by atoms with Crippen LogP contribution < -0.4 is 0 Å². The highest BCUT2D eigenvalue weighted by Crippen LogP contribution is 2.81. The second-order valence-electron chi connectivity index (χ2n) is 7.25. The Morgan fingerprint density at radius 1 is 0.923 bits per heavy atom. The van der Waals surface area contributed by atoms with Gasteiger partial charge in [0.05, 0.1) is 20.1 Å². The molecule has 0 aliphatic heterocycles. The van der Waals surface area contributed by atoms with Gasteiger partial charge in [-0.15, -0.1) is 0 Å². The smallest absolute Gasteiger partial charge is 0.317 e. The summed E-state index contributed by atoms with van der Waals surface area (Å²) in [5.74, 6) is -2.37. The second kappa shape index (κ2) is 4.74. The van der Waals surface area contributed by atoms with Gasteiger partial charge in [-0.25, -0.2) is 0 Å². The number of esters is 2. The van der Waals surface area contributed by atoms with Gasteiger partial charge < -0.3 is 14.6 Å². The summed E-state index contributed by atoms with van der Waals surface area (Å²) >= 11 is 0. The zero-order valence-electron chi connectivity index (χ0n) is 14.4. The van der Waals surface area contributed by atoms with Gasteiger partial charge >= 0.3 is 11.9 Å². The van der Waals surface area contributed by atoms with E-state index in [0.29, 0.717) is 11.1 Å². The molecule has 0 radical (unpaired) electrons. The van der Waals surface area contributed by atoms with Crippen molar-refractivity contribution in [2.45, 2.75) is 17.4 Å². The quantitative estimate of drug-likeness (QED) is 0.840. The summed E-state index contributed by atoms with van der Waals surface area (Å²) in [5.41, 5.74) is 0.149. The van der Waals surface area contributed by atoms with Crippen molar-refractivity contribution in [3.8, 4) is 0 Å². The first-order valence-electron chi connectivity index (χ1n) is 8.62. The van der Waals surface area contributed by atoms with Crippen molar-refractivity contribution in [3.05, 3.63) is 70.8 Å². The number of hydrogen-bond acceptors (Lipinski definition) is 5. The molecule has 2 aromatic carbocycles. The van der Waals surface area contributed by atoms with Gasteiger partial charge in [-0.3, -0.25) is 9.59 Å². The van der Waals surface area contributed by atoms with Gasteiger partial charge in [-0.1, -0.05) is 48.5 Å². The molecule has 0 unspecified atom stereocenters. The molecule has 3 aliphatic carbocycles. The van der Waals surface area contributed by atoms with E-state index in [9.17, 15) is 14.7 Å². The summed E-state index contributed by atoms with van der Waals surface area (Å²) in [7, 11) is 2.61. The van der Waals surface area contributed by atoms with Crippen LogP contribution >= 0.6 is 0 Å². The van der Waals surface area contributed by atoms with Crippen LogP contribution in [0.3, 0.4) is 0 Å². The fourth-order valence-corrected chi connectivity index (χ4v) is 5.92. The predicted octanol–water partition coefficient (Wildman–Crippen LogP) is 2.08. The lowest BCUT2D eigenvalue weighted by atomic mass is 9.37. The summed E-state index contributed by atoms with van der Waals surface area (Å²) in [4.78, 5) is 25.8. The van der Waals surface area contributed by atoms with Crippen LogP contribution in [0.15, 0.2) is 48.5 Å². The van der Waals surface area contributed by atoms with Gasteiger partial charge in [0.25, 0.3) is 0 Å². The topological polar surface area (TPSA) is 72.8 Å². The largest absolute Gasteiger partial charge is 0.469 e. The zero-order chi connectivity index (χ0) is 18.3. The van der Waals surface area contributed by atoms with Crippen molar-refractivity contribution in [1.29, 1.82) is 0 Å². The van der Waals surface area contributed by atoms with Crippen LogP contribution in [0, 0.1) is 11.3 Å². The highest BCUT2D eigenvalue weighted by atomic mass is 16.5. The lowest BCUT2D eigenvalue weighted by Gasteiger charge is -2.63.